The zero-order valence-electron chi connectivity index (χ0n) is 15.0. The van der Waals surface area contributed by atoms with E-state index in [0.29, 0.717) is 17.1 Å². The minimum Gasteiger partial charge on any atom is -0.465 e. The number of hydrogen-bond acceptors (Lipinski definition) is 5. The minimum atomic E-state index is -1.30. The van der Waals surface area contributed by atoms with Crippen molar-refractivity contribution in [2.75, 3.05) is 6.54 Å². The first kappa shape index (κ1) is 19.5. The third-order valence-corrected chi connectivity index (χ3v) is 3.70. The number of carboxylic acid groups (broad SMARTS) is 1. The van der Waals surface area contributed by atoms with Crippen LogP contribution in [0.2, 0.25) is 0 Å². The van der Waals surface area contributed by atoms with E-state index in [9.17, 15) is 14.0 Å². The topological polar surface area (TPSA) is 115 Å². The van der Waals surface area contributed by atoms with E-state index in [4.69, 9.17) is 5.11 Å². The summed E-state index contributed by atoms with van der Waals surface area (Å²) in [4.78, 5) is 31.3. The summed E-state index contributed by atoms with van der Waals surface area (Å²) in [5, 5.41) is 14.6. The quantitative estimate of drug-likeness (QED) is 0.631. The second kappa shape index (κ2) is 9.09. The normalized spacial score (nSPS) is 10.9. The van der Waals surface area contributed by atoms with Gasteiger partial charge < -0.3 is 10.4 Å². The molecule has 0 saturated carbocycles. The van der Waals surface area contributed by atoms with Gasteiger partial charge in [0.25, 0.3) is 0 Å². The SMILES string of the molecule is O=C(O)NCC(=CF)Cn1ncn(-c2cc(C#Cc3ccccn3)ccn2)c1=O. The number of nitrogens with one attached hydrogen (secondary N) is 1. The maximum absolute atomic E-state index is 13.0. The van der Waals surface area contributed by atoms with Crippen LogP contribution in [0.1, 0.15) is 11.3 Å². The zero-order valence-corrected chi connectivity index (χ0v) is 15.0. The number of carbonyl (C=O) groups is 1. The molecule has 0 spiro atoms. The average Bonchev–Trinajstić information content (AvgIpc) is 3.10. The molecular weight excluding hydrogens is 379 g/mol. The van der Waals surface area contributed by atoms with Gasteiger partial charge in [0.15, 0.2) is 0 Å². The van der Waals surface area contributed by atoms with Gasteiger partial charge in [-0.05, 0) is 35.8 Å². The third-order valence-electron chi connectivity index (χ3n) is 3.70. The van der Waals surface area contributed by atoms with Gasteiger partial charge in [0.05, 0.1) is 12.9 Å². The molecule has 3 aromatic heterocycles. The number of pyridine rings is 2. The first-order chi connectivity index (χ1) is 14.1. The van der Waals surface area contributed by atoms with Crippen molar-refractivity contribution >= 4 is 6.09 Å². The molecule has 146 valence electrons. The summed E-state index contributed by atoms with van der Waals surface area (Å²) in [5.41, 5.74) is 0.719. The number of nitrogens with zero attached hydrogens (tertiary/aromatic N) is 5. The number of aromatic nitrogens is 5. The predicted molar refractivity (Wildman–Crippen MR) is 101 cm³/mol. The molecule has 2 N–H and O–H groups in total. The Hall–Kier alpha value is -4.26. The minimum absolute atomic E-state index is 0.0442. The number of rotatable bonds is 5. The Morgan fingerprint density at radius 2 is 2.10 bits per heavy atom. The number of hydrogen-bond donors (Lipinski definition) is 2. The van der Waals surface area contributed by atoms with Crippen molar-refractivity contribution in [3.8, 4) is 17.7 Å². The second-order valence-corrected chi connectivity index (χ2v) is 5.73. The predicted octanol–water partition coefficient (Wildman–Crippen LogP) is 1.34. The Morgan fingerprint density at radius 3 is 2.83 bits per heavy atom. The van der Waals surface area contributed by atoms with Crippen LogP contribution in [0, 0.1) is 11.8 Å². The van der Waals surface area contributed by atoms with Crippen LogP contribution in [-0.2, 0) is 6.54 Å². The molecule has 0 aromatic carbocycles. The van der Waals surface area contributed by atoms with Gasteiger partial charge in [-0.2, -0.15) is 5.10 Å². The first-order valence-electron chi connectivity index (χ1n) is 8.35. The smallest absolute Gasteiger partial charge is 0.404 e. The molecule has 0 fully saturated rings. The highest BCUT2D eigenvalue weighted by Crippen LogP contribution is 2.05. The van der Waals surface area contributed by atoms with Crippen LogP contribution in [0.15, 0.2) is 65.8 Å². The monoisotopic (exact) mass is 394 g/mol. The largest absolute Gasteiger partial charge is 0.465 e. The van der Waals surface area contributed by atoms with Gasteiger partial charge in [-0.3, -0.25) is 0 Å². The van der Waals surface area contributed by atoms with Crippen LogP contribution in [0.25, 0.3) is 5.82 Å². The molecule has 0 aliphatic carbocycles. The molecule has 9 nitrogen and oxygen atoms in total. The molecule has 0 unspecified atom stereocenters. The Balaban J connectivity index is 1.81. The van der Waals surface area contributed by atoms with Gasteiger partial charge in [0, 0.05) is 24.5 Å². The van der Waals surface area contributed by atoms with Crippen LogP contribution in [-0.4, -0.2) is 42.1 Å². The maximum Gasteiger partial charge on any atom is 0.404 e. The lowest BCUT2D eigenvalue weighted by Crippen LogP contribution is -2.29. The van der Waals surface area contributed by atoms with Crippen molar-refractivity contribution < 1.29 is 14.3 Å². The van der Waals surface area contributed by atoms with Gasteiger partial charge in [-0.15, -0.1) is 0 Å². The van der Waals surface area contributed by atoms with Crippen molar-refractivity contribution in [1.82, 2.24) is 29.6 Å². The molecular formula is C19H15FN6O3. The van der Waals surface area contributed by atoms with Gasteiger partial charge in [0.1, 0.15) is 17.8 Å². The summed E-state index contributed by atoms with van der Waals surface area (Å²) >= 11 is 0. The molecule has 3 heterocycles. The highest BCUT2D eigenvalue weighted by Gasteiger charge is 2.11. The summed E-state index contributed by atoms with van der Waals surface area (Å²) < 4.78 is 15.1. The van der Waals surface area contributed by atoms with Gasteiger partial charge in [0.2, 0.25) is 0 Å². The van der Waals surface area contributed by atoms with Crippen LogP contribution < -0.4 is 11.0 Å². The summed E-state index contributed by atoms with van der Waals surface area (Å²) in [6.45, 7) is -0.468. The second-order valence-electron chi connectivity index (χ2n) is 5.73. The highest BCUT2D eigenvalue weighted by atomic mass is 19.1. The number of halogens is 1. The van der Waals surface area contributed by atoms with Crippen LogP contribution in [0.5, 0.6) is 0 Å². The van der Waals surface area contributed by atoms with Crippen molar-refractivity contribution in [1.29, 1.82) is 0 Å². The van der Waals surface area contributed by atoms with Gasteiger partial charge in [-0.1, -0.05) is 12.0 Å². The lowest BCUT2D eigenvalue weighted by Gasteiger charge is -2.05. The summed E-state index contributed by atoms with van der Waals surface area (Å²) in [6, 6.07) is 8.70. The fraction of sp³-hybridized carbons (Fsp3) is 0.105. The molecule has 0 bridgehead atoms. The summed E-state index contributed by atoms with van der Waals surface area (Å²) in [6.07, 6.45) is 3.34. The van der Waals surface area contributed by atoms with Crippen molar-refractivity contribution in [3.63, 3.8) is 0 Å². The van der Waals surface area contributed by atoms with E-state index < -0.39 is 11.8 Å². The Labute approximate surface area is 164 Å². The van der Waals surface area contributed by atoms with E-state index in [0.717, 1.165) is 4.68 Å². The Morgan fingerprint density at radius 1 is 1.24 bits per heavy atom. The Bertz CT molecular complexity index is 1160. The molecule has 0 aliphatic rings. The fourth-order valence-electron chi connectivity index (χ4n) is 2.31. The van der Waals surface area contributed by atoms with E-state index in [1.54, 1.807) is 30.5 Å². The van der Waals surface area contributed by atoms with Gasteiger partial charge >= 0.3 is 11.8 Å². The summed E-state index contributed by atoms with van der Waals surface area (Å²) in [7, 11) is 0. The van der Waals surface area contributed by atoms with E-state index >= 15 is 0 Å². The molecule has 10 heteroatoms. The standard InChI is InChI=1S/C19H15FN6O3/c20-10-15(11-23-18(27)28)12-26-19(29)25(13-24-26)17-9-14(6-8-22-17)4-5-16-3-1-2-7-21-16/h1-3,6-10,13,23H,11-12H2,(H,27,28). The molecule has 0 aliphatic heterocycles. The zero-order chi connectivity index (χ0) is 20.6. The molecule has 29 heavy (non-hydrogen) atoms. The molecule has 3 rings (SSSR count). The lowest BCUT2D eigenvalue weighted by atomic mass is 10.2. The third kappa shape index (κ3) is 5.14. The van der Waals surface area contributed by atoms with E-state index in [1.165, 1.54) is 17.1 Å². The molecule has 0 atom stereocenters. The first-order valence-corrected chi connectivity index (χ1v) is 8.35. The van der Waals surface area contributed by atoms with Crippen molar-refractivity contribution in [3.05, 3.63) is 82.7 Å². The van der Waals surface area contributed by atoms with Gasteiger partial charge in [-0.25, -0.2) is 33.2 Å². The van der Waals surface area contributed by atoms with Crippen LogP contribution >= 0.6 is 0 Å². The fourth-order valence-corrected chi connectivity index (χ4v) is 2.31. The molecule has 1 amide bonds. The molecule has 3 aromatic rings. The highest BCUT2D eigenvalue weighted by molar-refractivity contribution is 5.64. The molecule has 0 radical (unpaired) electrons. The Kier molecular flexibility index (Phi) is 6.12. The van der Waals surface area contributed by atoms with Crippen LogP contribution in [0.3, 0.4) is 0 Å². The summed E-state index contributed by atoms with van der Waals surface area (Å²) in [5.74, 6) is 6.16. The lowest BCUT2D eigenvalue weighted by molar-refractivity contribution is 0.195. The average molecular weight is 394 g/mol. The van der Waals surface area contributed by atoms with E-state index in [2.05, 4.69) is 26.9 Å². The van der Waals surface area contributed by atoms with E-state index in [-0.39, 0.29) is 25.0 Å². The van der Waals surface area contributed by atoms with Crippen molar-refractivity contribution in [2.24, 2.45) is 0 Å². The number of amides is 1. The van der Waals surface area contributed by atoms with Crippen LogP contribution in [0.4, 0.5) is 9.18 Å². The molecule has 0 saturated heterocycles. The van der Waals surface area contributed by atoms with E-state index in [1.807, 2.05) is 11.4 Å². The van der Waals surface area contributed by atoms with Crippen molar-refractivity contribution in [2.45, 2.75) is 6.54 Å². The maximum atomic E-state index is 13.0.